The number of carbonyl (C=O) groups excluding carboxylic acids is 2. The number of nitrogens with one attached hydrogen (secondary N) is 1. The molecule has 0 aromatic heterocycles. The van der Waals surface area contributed by atoms with Gasteiger partial charge in [-0.3, -0.25) is 9.59 Å². The number of rotatable bonds is 3. The minimum absolute atomic E-state index is 0.109. The molecule has 118 valence electrons. The summed E-state index contributed by atoms with van der Waals surface area (Å²) in [6.45, 7) is 0.917. The number of hydrazone groups is 1. The molecule has 21 heavy (non-hydrogen) atoms. The van der Waals surface area contributed by atoms with E-state index in [-0.39, 0.29) is 24.3 Å². The molecule has 0 aromatic carbocycles. The predicted octanol–water partition coefficient (Wildman–Crippen LogP) is -0.865. The average molecular weight is 316 g/mol. The van der Waals surface area contributed by atoms with Gasteiger partial charge in [-0.15, -0.1) is 0 Å². The van der Waals surface area contributed by atoms with Gasteiger partial charge < -0.3 is 4.90 Å². The van der Waals surface area contributed by atoms with E-state index < -0.39 is 10.0 Å². The highest BCUT2D eigenvalue weighted by Gasteiger charge is 2.30. The van der Waals surface area contributed by atoms with Gasteiger partial charge in [-0.25, -0.2) is 18.1 Å². The molecular formula is C12H20N4O4S. The smallest absolute Gasteiger partial charge is 0.270 e. The van der Waals surface area contributed by atoms with E-state index in [9.17, 15) is 18.0 Å². The fraction of sp³-hybridized carbons (Fsp3) is 0.750. The van der Waals surface area contributed by atoms with Crippen LogP contribution in [0.1, 0.15) is 25.7 Å². The Morgan fingerprint density at radius 1 is 1.38 bits per heavy atom. The largest absolute Gasteiger partial charge is 0.336 e. The lowest BCUT2D eigenvalue weighted by molar-refractivity contribution is -0.130. The normalized spacial score (nSPS) is 24.0. The summed E-state index contributed by atoms with van der Waals surface area (Å²) in [5.41, 5.74) is 0.358. The maximum Gasteiger partial charge on any atom is 0.270 e. The van der Waals surface area contributed by atoms with Gasteiger partial charge in [-0.2, -0.15) is 5.10 Å². The standard InChI is InChI=1S/C12H20N4O4S/c1-15-11(17)6-5-10(13-15)12(18)16-7-3-4-9(8-16)14-21(2,19)20/h9,14H,3-8H2,1-2H3. The third-order valence-corrected chi connectivity index (χ3v) is 4.31. The monoisotopic (exact) mass is 316 g/mol. The number of hydrogen-bond donors (Lipinski definition) is 1. The van der Waals surface area contributed by atoms with Crippen LogP contribution in [0.4, 0.5) is 0 Å². The number of likely N-dealkylation sites (tertiary alicyclic amines) is 1. The Bertz CT molecular complexity index is 572. The SMILES string of the molecule is CN1N=C(C(=O)N2CCCC(NS(C)(=O)=O)C2)CCC1=O. The van der Waals surface area contributed by atoms with Gasteiger partial charge in [0.15, 0.2) is 0 Å². The van der Waals surface area contributed by atoms with Crippen molar-refractivity contribution in [3.63, 3.8) is 0 Å². The fourth-order valence-electron chi connectivity index (χ4n) is 2.57. The van der Waals surface area contributed by atoms with Crippen LogP contribution in [0, 0.1) is 0 Å². The van der Waals surface area contributed by atoms with Crippen LogP contribution in [0.25, 0.3) is 0 Å². The second-order valence-corrected chi connectivity index (χ2v) is 7.22. The maximum atomic E-state index is 12.4. The molecule has 1 unspecified atom stereocenters. The van der Waals surface area contributed by atoms with Gasteiger partial charge in [-0.1, -0.05) is 0 Å². The molecule has 1 N–H and O–H groups in total. The molecule has 2 heterocycles. The highest BCUT2D eigenvalue weighted by atomic mass is 32.2. The second-order valence-electron chi connectivity index (χ2n) is 5.44. The molecule has 0 aliphatic carbocycles. The van der Waals surface area contributed by atoms with Crippen molar-refractivity contribution in [2.24, 2.45) is 5.10 Å². The Morgan fingerprint density at radius 3 is 2.71 bits per heavy atom. The van der Waals surface area contributed by atoms with E-state index in [1.807, 2.05) is 0 Å². The highest BCUT2D eigenvalue weighted by Crippen LogP contribution is 2.15. The van der Waals surface area contributed by atoms with E-state index in [1.165, 1.54) is 12.1 Å². The summed E-state index contributed by atoms with van der Waals surface area (Å²) in [5.74, 6) is -0.323. The maximum absolute atomic E-state index is 12.4. The van der Waals surface area contributed by atoms with Crippen molar-refractivity contribution >= 4 is 27.5 Å². The molecule has 0 radical (unpaired) electrons. The third kappa shape index (κ3) is 4.24. The van der Waals surface area contributed by atoms with Crippen LogP contribution in [-0.4, -0.2) is 68.3 Å². The number of nitrogens with zero attached hydrogens (tertiary/aromatic N) is 3. The first-order chi connectivity index (χ1) is 9.76. The van der Waals surface area contributed by atoms with Gasteiger partial charge in [0.25, 0.3) is 5.91 Å². The van der Waals surface area contributed by atoms with Crippen LogP contribution in [0.5, 0.6) is 0 Å². The second kappa shape index (κ2) is 6.10. The Balaban J connectivity index is 2.02. The van der Waals surface area contributed by atoms with Crippen molar-refractivity contribution in [3.8, 4) is 0 Å². The Kier molecular flexibility index (Phi) is 4.62. The Hall–Kier alpha value is -1.48. The lowest BCUT2D eigenvalue weighted by atomic mass is 10.0. The number of hydrogen-bond acceptors (Lipinski definition) is 5. The number of sulfonamides is 1. The van der Waals surface area contributed by atoms with Gasteiger partial charge in [-0.05, 0) is 12.8 Å². The van der Waals surface area contributed by atoms with E-state index in [0.29, 0.717) is 31.6 Å². The quantitative estimate of drug-likeness (QED) is 0.732. The van der Waals surface area contributed by atoms with Gasteiger partial charge in [0.1, 0.15) is 5.71 Å². The minimum Gasteiger partial charge on any atom is -0.336 e. The minimum atomic E-state index is -3.28. The predicted molar refractivity (Wildman–Crippen MR) is 77.0 cm³/mol. The van der Waals surface area contributed by atoms with Crippen LogP contribution in [0.3, 0.4) is 0 Å². The molecule has 1 fully saturated rings. The van der Waals surface area contributed by atoms with Crippen molar-refractivity contribution in [3.05, 3.63) is 0 Å². The first-order valence-corrected chi connectivity index (χ1v) is 8.76. The molecule has 8 nitrogen and oxygen atoms in total. The summed E-state index contributed by atoms with van der Waals surface area (Å²) in [4.78, 5) is 25.4. The van der Waals surface area contributed by atoms with E-state index in [2.05, 4.69) is 9.82 Å². The first-order valence-electron chi connectivity index (χ1n) is 6.87. The summed E-state index contributed by atoms with van der Waals surface area (Å²) >= 11 is 0. The third-order valence-electron chi connectivity index (χ3n) is 3.54. The molecule has 1 atom stereocenters. The molecule has 1 saturated heterocycles. The zero-order chi connectivity index (χ0) is 15.6. The summed E-state index contributed by atoms with van der Waals surface area (Å²) in [6, 6.07) is -0.263. The zero-order valence-corrected chi connectivity index (χ0v) is 13.0. The van der Waals surface area contributed by atoms with E-state index >= 15 is 0 Å². The van der Waals surface area contributed by atoms with E-state index in [4.69, 9.17) is 0 Å². The molecule has 0 spiro atoms. The van der Waals surface area contributed by atoms with E-state index in [0.717, 1.165) is 12.7 Å². The molecule has 2 rings (SSSR count). The van der Waals surface area contributed by atoms with Crippen molar-refractivity contribution in [1.82, 2.24) is 14.6 Å². The van der Waals surface area contributed by atoms with Gasteiger partial charge in [0, 0.05) is 39.0 Å². The highest BCUT2D eigenvalue weighted by molar-refractivity contribution is 7.88. The van der Waals surface area contributed by atoms with E-state index in [1.54, 1.807) is 4.90 Å². The van der Waals surface area contributed by atoms with Crippen LogP contribution in [-0.2, 0) is 19.6 Å². The molecular weight excluding hydrogens is 296 g/mol. The van der Waals surface area contributed by atoms with Crippen LogP contribution >= 0.6 is 0 Å². The summed E-state index contributed by atoms with van der Waals surface area (Å²) < 4.78 is 25.1. The number of carbonyl (C=O) groups is 2. The number of amides is 2. The lowest BCUT2D eigenvalue weighted by Crippen LogP contribution is -2.51. The summed E-state index contributed by atoms with van der Waals surface area (Å²) in [6.07, 6.45) is 3.17. The molecule has 2 aliphatic heterocycles. The number of piperidine rings is 1. The zero-order valence-electron chi connectivity index (χ0n) is 12.2. The van der Waals surface area contributed by atoms with Gasteiger partial charge in [0.2, 0.25) is 15.9 Å². The lowest BCUT2D eigenvalue weighted by Gasteiger charge is -2.33. The summed E-state index contributed by atoms with van der Waals surface area (Å²) in [5, 5.41) is 5.20. The Morgan fingerprint density at radius 2 is 2.10 bits per heavy atom. The Labute approximate surface area is 124 Å². The van der Waals surface area contributed by atoms with Crippen LogP contribution in [0.2, 0.25) is 0 Å². The van der Waals surface area contributed by atoms with Crippen molar-refractivity contribution < 1.29 is 18.0 Å². The molecule has 0 bridgehead atoms. The van der Waals surface area contributed by atoms with Crippen LogP contribution in [0.15, 0.2) is 5.10 Å². The van der Waals surface area contributed by atoms with Crippen molar-refractivity contribution in [2.45, 2.75) is 31.7 Å². The molecule has 0 aromatic rings. The first kappa shape index (κ1) is 15.9. The topological polar surface area (TPSA) is 99.2 Å². The average Bonchev–Trinajstić information content (AvgIpc) is 2.39. The van der Waals surface area contributed by atoms with Gasteiger partial charge in [0.05, 0.1) is 6.26 Å². The fourth-order valence-corrected chi connectivity index (χ4v) is 3.36. The summed E-state index contributed by atoms with van der Waals surface area (Å²) in [7, 11) is -1.76. The van der Waals surface area contributed by atoms with Crippen molar-refractivity contribution in [2.75, 3.05) is 26.4 Å². The van der Waals surface area contributed by atoms with Crippen molar-refractivity contribution in [1.29, 1.82) is 0 Å². The molecule has 2 amide bonds. The van der Waals surface area contributed by atoms with Gasteiger partial charge >= 0.3 is 0 Å². The molecule has 9 heteroatoms. The molecule has 2 aliphatic rings. The molecule has 0 saturated carbocycles. The van der Waals surface area contributed by atoms with Crippen LogP contribution < -0.4 is 4.72 Å².